The van der Waals surface area contributed by atoms with E-state index in [1.165, 1.54) is 0 Å². The number of rotatable bonds is 5. The van der Waals surface area contributed by atoms with Crippen molar-refractivity contribution in [1.82, 2.24) is 4.98 Å². The molecular weight excluding hydrogens is 250 g/mol. The van der Waals surface area contributed by atoms with E-state index < -0.39 is 0 Å². The summed E-state index contributed by atoms with van der Waals surface area (Å²) in [6.07, 6.45) is 1.85. The Bertz CT molecular complexity index is 561. The summed E-state index contributed by atoms with van der Waals surface area (Å²) < 4.78 is 5.71. The number of benzene rings is 1. The highest BCUT2D eigenvalue weighted by Crippen LogP contribution is 2.20. The van der Waals surface area contributed by atoms with E-state index >= 15 is 0 Å². The first kappa shape index (κ1) is 14.2. The summed E-state index contributed by atoms with van der Waals surface area (Å²) in [4.78, 5) is 4.28. The number of hydrogen-bond donors (Lipinski definition) is 2. The minimum absolute atomic E-state index is 0.110. The van der Waals surface area contributed by atoms with Gasteiger partial charge in [-0.15, -0.1) is 0 Å². The Morgan fingerprint density at radius 1 is 1.30 bits per heavy atom. The van der Waals surface area contributed by atoms with Crippen LogP contribution in [0.15, 0.2) is 36.5 Å². The summed E-state index contributed by atoms with van der Waals surface area (Å²) in [5.41, 5.74) is 9.78. The van der Waals surface area contributed by atoms with E-state index in [1.807, 2.05) is 45.0 Å². The first-order valence-electron chi connectivity index (χ1n) is 6.76. The average molecular weight is 271 g/mol. The fourth-order valence-electron chi connectivity index (χ4n) is 2.00. The molecule has 1 aromatic heterocycles. The normalized spacial score (nSPS) is 10.6. The Balaban J connectivity index is 2.10. The van der Waals surface area contributed by atoms with Crippen LogP contribution >= 0.6 is 0 Å². The maximum atomic E-state index is 5.85. The predicted molar refractivity (Wildman–Crippen MR) is 82.9 cm³/mol. The molecular formula is C16H21N3O. The zero-order valence-electron chi connectivity index (χ0n) is 12.2. The number of aromatic nitrogens is 1. The zero-order valence-corrected chi connectivity index (χ0v) is 12.2. The molecule has 0 atom stereocenters. The molecule has 106 valence electrons. The number of aryl methyl sites for hydroxylation is 1. The van der Waals surface area contributed by atoms with Crippen molar-refractivity contribution in [2.45, 2.75) is 33.4 Å². The number of nitrogens with zero attached hydrogens (tertiary/aromatic N) is 1. The molecule has 0 amide bonds. The summed E-state index contributed by atoms with van der Waals surface area (Å²) in [6.45, 7) is 6.66. The number of ether oxygens (including phenoxy) is 1. The molecule has 0 saturated heterocycles. The molecule has 0 saturated carbocycles. The van der Waals surface area contributed by atoms with E-state index in [0.29, 0.717) is 12.4 Å². The van der Waals surface area contributed by atoms with Crippen molar-refractivity contribution in [3.05, 3.63) is 47.7 Å². The second-order valence-corrected chi connectivity index (χ2v) is 5.12. The van der Waals surface area contributed by atoms with Gasteiger partial charge in [0.2, 0.25) is 5.88 Å². The first-order valence-corrected chi connectivity index (χ1v) is 6.76. The molecule has 0 radical (unpaired) electrons. The lowest BCUT2D eigenvalue weighted by molar-refractivity contribution is 0.230. The largest absolute Gasteiger partial charge is 0.475 e. The van der Waals surface area contributed by atoms with Crippen LogP contribution in [0.4, 0.5) is 11.4 Å². The van der Waals surface area contributed by atoms with Crippen LogP contribution in [0, 0.1) is 6.92 Å². The molecule has 0 spiro atoms. The van der Waals surface area contributed by atoms with Gasteiger partial charge in [-0.05, 0) is 50.6 Å². The Hall–Kier alpha value is -2.23. The highest BCUT2D eigenvalue weighted by atomic mass is 16.5. The number of nitrogen functional groups attached to an aromatic ring is 1. The molecule has 0 aliphatic heterocycles. The van der Waals surface area contributed by atoms with Gasteiger partial charge in [-0.3, -0.25) is 0 Å². The van der Waals surface area contributed by atoms with E-state index in [4.69, 9.17) is 10.5 Å². The van der Waals surface area contributed by atoms with Gasteiger partial charge in [-0.25, -0.2) is 4.98 Å². The van der Waals surface area contributed by atoms with Crippen molar-refractivity contribution < 1.29 is 4.74 Å². The van der Waals surface area contributed by atoms with Crippen molar-refractivity contribution >= 4 is 11.4 Å². The van der Waals surface area contributed by atoms with E-state index in [-0.39, 0.29) is 6.10 Å². The summed E-state index contributed by atoms with van der Waals surface area (Å²) in [5.74, 6) is 0.677. The lowest BCUT2D eigenvalue weighted by atomic mass is 10.2. The molecule has 0 bridgehead atoms. The van der Waals surface area contributed by atoms with Gasteiger partial charge in [-0.2, -0.15) is 0 Å². The Kier molecular flexibility index (Phi) is 4.45. The Morgan fingerprint density at radius 3 is 2.80 bits per heavy atom. The Morgan fingerprint density at radius 2 is 2.10 bits per heavy atom. The highest BCUT2D eigenvalue weighted by Gasteiger charge is 2.06. The third-order valence-corrected chi connectivity index (χ3v) is 2.78. The lowest BCUT2D eigenvalue weighted by Gasteiger charge is -2.14. The minimum Gasteiger partial charge on any atom is -0.475 e. The number of pyridine rings is 1. The van der Waals surface area contributed by atoms with Crippen LogP contribution < -0.4 is 15.8 Å². The molecule has 20 heavy (non-hydrogen) atoms. The molecule has 4 nitrogen and oxygen atoms in total. The van der Waals surface area contributed by atoms with Crippen LogP contribution in [0.1, 0.15) is 25.0 Å². The summed E-state index contributed by atoms with van der Waals surface area (Å²) in [6, 6.07) is 9.86. The second kappa shape index (κ2) is 6.28. The Labute approximate surface area is 120 Å². The maximum Gasteiger partial charge on any atom is 0.218 e. The fraction of sp³-hybridized carbons (Fsp3) is 0.312. The van der Waals surface area contributed by atoms with Crippen LogP contribution in [0.5, 0.6) is 5.88 Å². The van der Waals surface area contributed by atoms with Gasteiger partial charge in [0.15, 0.2) is 0 Å². The topological polar surface area (TPSA) is 60.2 Å². The van der Waals surface area contributed by atoms with Crippen molar-refractivity contribution in [3.63, 3.8) is 0 Å². The molecule has 0 aliphatic rings. The smallest absolute Gasteiger partial charge is 0.218 e. The van der Waals surface area contributed by atoms with Gasteiger partial charge >= 0.3 is 0 Å². The number of nitrogens with one attached hydrogen (secondary N) is 1. The summed E-state index contributed by atoms with van der Waals surface area (Å²) >= 11 is 0. The van der Waals surface area contributed by atoms with Gasteiger partial charge in [0.25, 0.3) is 0 Å². The first-order chi connectivity index (χ1) is 9.54. The van der Waals surface area contributed by atoms with E-state index in [9.17, 15) is 0 Å². The monoisotopic (exact) mass is 271 g/mol. The van der Waals surface area contributed by atoms with Crippen molar-refractivity contribution in [1.29, 1.82) is 0 Å². The quantitative estimate of drug-likeness (QED) is 0.818. The van der Waals surface area contributed by atoms with Crippen molar-refractivity contribution in [3.8, 4) is 5.88 Å². The zero-order chi connectivity index (χ0) is 14.5. The summed E-state index contributed by atoms with van der Waals surface area (Å²) in [5, 5.41) is 3.36. The van der Waals surface area contributed by atoms with Crippen LogP contribution in [-0.2, 0) is 6.54 Å². The predicted octanol–water partition coefficient (Wildman–Crippen LogP) is 3.37. The van der Waals surface area contributed by atoms with Crippen molar-refractivity contribution in [2.24, 2.45) is 0 Å². The maximum absolute atomic E-state index is 5.85. The third-order valence-electron chi connectivity index (χ3n) is 2.78. The van der Waals surface area contributed by atoms with E-state index in [1.54, 1.807) is 6.20 Å². The van der Waals surface area contributed by atoms with E-state index in [0.717, 1.165) is 22.5 Å². The number of hydrogen-bond acceptors (Lipinski definition) is 4. The van der Waals surface area contributed by atoms with Gasteiger partial charge in [0.1, 0.15) is 0 Å². The molecule has 1 aromatic carbocycles. The molecule has 2 aromatic rings. The molecule has 3 N–H and O–H groups in total. The van der Waals surface area contributed by atoms with Crippen LogP contribution in [0.3, 0.4) is 0 Å². The summed E-state index contributed by atoms with van der Waals surface area (Å²) in [7, 11) is 0. The molecule has 2 rings (SSSR count). The molecule has 0 fully saturated rings. The van der Waals surface area contributed by atoms with Crippen LogP contribution in [0.25, 0.3) is 0 Å². The van der Waals surface area contributed by atoms with Gasteiger partial charge < -0.3 is 15.8 Å². The van der Waals surface area contributed by atoms with Crippen LogP contribution in [-0.4, -0.2) is 11.1 Å². The fourth-order valence-corrected chi connectivity index (χ4v) is 2.00. The SMILES string of the molecule is Cc1cc(N)cc(NCc2cccnc2OC(C)C)c1. The van der Waals surface area contributed by atoms with Gasteiger partial charge in [0, 0.05) is 29.7 Å². The minimum atomic E-state index is 0.110. The van der Waals surface area contributed by atoms with Crippen molar-refractivity contribution in [2.75, 3.05) is 11.1 Å². The van der Waals surface area contributed by atoms with Gasteiger partial charge in [-0.1, -0.05) is 6.07 Å². The standard InChI is InChI=1S/C16H21N3O/c1-11(2)20-16-13(5-4-6-18-16)10-19-15-8-12(3)7-14(17)9-15/h4-9,11,19H,10,17H2,1-3H3. The van der Waals surface area contributed by atoms with Crippen LogP contribution in [0.2, 0.25) is 0 Å². The highest BCUT2D eigenvalue weighted by molar-refractivity contribution is 5.57. The molecule has 4 heteroatoms. The molecule has 0 aliphatic carbocycles. The van der Waals surface area contributed by atoms with Gasteiger partial charge in [0.05, 0.1) is 6.10 Å². The molecule has 0 unspecified atom stereocenters. The van der Waals surface area contributed by atoms with E-state index in [2.05, 4.69) is 16.4 Å². The average Bonchev–Trinajstić information content (AvgIpc) is 2.36. The number of anilines is 2. The molecule has 1 heterocycles. The second-order valence-electron chi connectivity index (χ2n) is 5.12. The lowest BCUT2D eigenvalue weighted by Crippen LogP contribution is -2.10. The number of nitrogens with two attached hydrogens (primary N) is 1. The third kappa shape index (κ3) is 3.88.